The van der Waals surface area contributed by atoms with Crippen molar-refractivity contribution in [1.82, 2.24) is 10.2 Å². The van der Waals surface area contributed by atoms with Crippen LogP contribution in [-0.4, -0.2) is 15.1 Å². The van der Waals surface area contributed by atoms with E-state index in [9.17, 15) is 14.9 Å². The Hall–Kier alpha value is -3.59. The molecule has 8 nitrogen and oxygen atoms in total. The molecule has 0 spiro atoms. The molecule has 4 aromatic rings. The quantitative estimate of drug-likeness (QED) is 0.320. The third-order valence-electron chi connectivity index (χ3n) is 3.97. The number of nitro groups is 1. The second kappa shape index (κ2) is 6.61. The van der Waals surface area contributed by atoms with Crippen LogP contribution in [0.1, 0.15) is 5.56 Å². The average Bonchev–Trinajstić information content (AvgIpc) is 3.11. The number of aromatic nitrogens is 2. The zero-order chi connectivity index (χ0) is 19.0. The minimum Gasteiger partial charge on any atom is -0.422 e. The number of hydrogen-bond acceptors (Lipinski definition) is 8. The van der Waals surface area contributed by atoms with E-state index in [1.165, 1.54) is 35.6 Å². The molecule has 2 heterocycles. The molecule has 0 amide bonds. The summed E-state index contributed by atoms with van der Waals surface area (Å²) < 4.78 is 5.27. The normalized spacial score (nSPS) is 10.9. The number of benzene rings is 2. The summed E-state index contributed by atoms with van der Waals surface area (Å²) in [6.45, 7) is 1.97. The molecule has 0 aliphatic heterocycles. The van der Waals surface area contributed by atoms with Gasteiger partial charge in [-0.1, -0.05) is 29.5 Å². The van der Waals surface area contributed by atoms with Gasteiger partial charge in [0.15, 0.2) is 5.01 Å². The molecule has 0 unspecified atom stereocenters. The molecule has 9 heteroatoms. The summed E-state index contributed by atoms with van der Waals surface area (Å²) in [5, 5.41) is 23.6. The van der Waals surface area contributed by atoms with E-state index in [2.05, 4.69) is 15.5 Å². The Balaban J connectivity index is 1.73. The fraction of sp³-hybridized carbons (Fsp3) is 0.0556. The molecule has 0 saturated heterocycles. The number of anilines is 2. The Morgan fingerprint density at radius 3 is 2.74 bits per heavy atom. The number of rotatable bonds is 4. The van der Waals surface area contributed by atoms with Gasteiger partial charge in [-0.15, -0.1) is 10.2 Å². The molecule has 0 fully saturated rings. The molecule has 0 radical (unpaired) electrons. The van der Waals surface area contributed by atoms with Gasteiger partial charge in [0.1, 0.15) is 5.58 Å². The first-order chi connectivity index (χ1) is 13.0. The summed E-state index contributed by atoms with van der Waals surface area (Å²) in [5.74, 6) is 0. The van der Waals surface area contributed by atoms with Crippen LogP contribution in [0.2, 0.25) is 0 Å². The second-order valence-corrected chi connectivity index (χ2v) is 6.76. The Bertz CT molecular complexity index is 1230. The van der Waals surface area contributed by atoms with Crippen molar-refractivity contribution in [3.8, 4) is 10.6 Å². The number of hydrogen-bond donors (Lipinski definition) is 1. The average molecular weight is 380 g/mol. The standard InChI is InChI=1S/C18H12N4O4S/c1-10-4-2-3-5-14(10)19-18-21-20-16(27-18)13-9-11-8-12(22(24)25)6-7-15(11)26-17(13)23/h2-9H,1H3,(H,19,21). The Kier molecular flexibility index (Phi) is 4.13. The molecule has 1 N–H and O–H groups in total. The van der Waals surface area contributed by atoms with Crippen LogP contribution < -0.4 is 10.9 Å². The molecule has 0 atom stereocenters. The molecule has 0 bridgehead atoms. The summed E-state index contributed by atoms with van der Waals surface area (Å²) >= 11 is 1.20. The summed E-state index contributed by atoms with van der Waals surface area (Å²) in [7, 11) is 0. The van der Waals surface area contributed by atoms with Crippen LogP contribution in [0, 0.1) is 17.0 Å². The predicted molar refractivity (Wildman–Crippen MR) is 103 cm³/mol. The van der Waals surface area contributed by atoms with Crippen LogP contribution in [0.25, 0.3) is 21.5 Å². The molecule has 134 valence electrons. The first kappa shape index (κ1) is 16.9. The third kappa shape index (κ3) is 3.27. The first-order valence-corrected chi connectivity index (χ1v) is 8.72. The van der Waals surface area contributed by atoms with Crippen LogP contribution in [0.15, 0.2) is 57.7 Å². The number of aryl methyl sites for hydroxylation is 1. The summed E-state index contributed by atoms with van der Waals surface area (Å²) in [6.07, 6.45) is 0. The number of fused-ring (bicyclic) bond motifs is 1. The van der Waals surface area contributed by atoms with Gasteiger partial charge in [0.25, 0.3) is 5.69 Å². The largest absolute Gasteiger partial charge is 0.422 e. The maximum Gasteiger partial charge on any atom is 0.346 e. The monoisotopic (exact) mass is 380 g/mol. The summed E-state index contributed by atoms with van der Waals surface area (Å²) in [5.41, 5.74) is 1.76. The predicted octanol–water partition coefficient (Wildman–Crippen LogP) is 4.27. The molecule has 27 heavy (non-hydrogen) atoms. The maximum atomic E-state index is 12.3. The Labute approximate surface area is 156 Å². The van der Waals surface area contributed by atoms with Crippen molar-refractivity contribution in [3.63, 3.8) is 0 Å². The van der Waals surface area contributed by atoms with Gasteiger partial charge in [0, 0.05) is 23.2 Å². The number of non-ortho nitro benzene ring substituents is 1. The van der Waals surface area contributed by atoms with Crippen molar-refractivity contribution >= 4 is 38.8 Å². The van der Waals surface area contributed by atoms with Gasteiger partial charge < -0.3 is 9.73 Å². The van der Waals surface area contributed by atoms with Gasteiger partial charge in [-0.25, -0.2) is 4.79 Å². The van der Waals surface area contributed by atoms with Crippen molar-refractivity contribution in [2.75, 3.05) is 5.32 Å². The van der Waals surface area contributed by atoms with Crippen LogP contribution in [-0.2, 0) is 0 Å². The molecule has 2 aromatic heterocycles. The van der Waals surface area contributed by atoms with Crippen LogP contribution in [0.3, 0.4) is 0 Å². The van der Waals surface area contributed by atoms with Gasteiger partial charge in [0.2, 0.25) is 5.13 Å². The molecular formula is C18H12N4O4S. The molecule has 4 rings (SSSR count). The van der Waals surface area contributed by atoms with E-state index in [0.717, 1.165) is 11.3 Å². The van der Waals surface area contributed by atoms with Crippen molar-refractivity contribution in [1.29, 1.82) is 0 Å². The lowest BCUT2D eigenvalue weighted by Gasteiger charge is -2.04. The highest BCUT2D eigenvalue weighted by Crippen LogP contribution is 2.30. The highest BCUT2D eigenvalue weighted by atomic mass is 32.1. The highest BCUT2D eigenvalue weighted by molar-refractivity contribution is 7.18. The second-order valence-electron chi connectivity index (χ2n) is 5.78. The van der Waals surface area contributed by atoms with Crippen LogP contribution >= 0.6 is 11.3 Å². The SMILES string of the molecule is Cc1ccccc1Nc1nnc(-c2cc3cc([N+](=O)[O-])ccc3oc2=O)s1. The molecule has 0 aliphatic carbocycles. The van der Waals surface area contributed by atoms with Crippen molar-refractivity contribution < 1.29 is 9.34 Å². The molecule has 2 aromatic carbocycles. The number of nitrogens with one attached hydrogen (secondary N) is 1. The number of nitro benzene ring substituents is 1. The first-order valence-electron chi connectivity index (χ1n) is 7.90. The van der Waals surface area contributed by atoms with Gasteiger partial charge in [-0.2, -0.15) is 0 Å². The third-order valence-corrected chi connectivity index (χ3v) is 4.84. The van der Waals surface area contributed by atoms with Gasteiger partial charge >= 0.3 is 5.63 Å². The van der Waals surface area contributed by atoms with Crippen LogP contribution in [0.5, 0.6) is 0 Å². The smallest absolute Gasteiger partial charge is 0.346 e. The summed E-state index contributed by atoms with van der Waals surface area (Å²) in [4.78, 5) is 22.7. The van der Waals surface area contributed by atoms with Crippen LogP contribution in [0.4, 0.5) is 16.5 Å². The fourth-order valence-electron chi connectivity index (χ4n) is 2.58. The lowest BCUT2D eigenvalue weighted by Crippen LogP contribution is -2.02. The summed E-state index contributed by atoms with van der Waals surface area (Å²) in [6, 6.07) is 13.3. The van der Waals surface area contributed by atoms with E-state index in [1.54, 1.807) is 0 Å². The lowest BCUT2D eigenvalue weighted by atomic mass is 10.2. The van der Waals surface area contributed by atoms with E-state index in [-0.39, 0.29) is 16.8 Å². The number of nitrogens with zero attached hydrogens (tertiary/aromatic N) is 3. The van der Waals surface area contributed by atoms with Gasteiger partial charge in [0.05, 0.1) is 10.5 Å². The topological polar surface area (TPSA) is 111 Å². The molecular weight excluding hydrogens is 368 g/mol. The van der Waals surface area contributed by atoms with Crippen molar-refractivity contribution in [3.05, 3.63) is 74.6 Å². The minimum absolute atomic E-state index is 0.0820. The van der Waals surface area contributed by atoms with Crippen molar-refractivity contribution in [2.24, 2.45) is 0 Å². The Morgan fingerprint density at radius 1 is 1.15 bits per heavy atom. The Morgan fingerprint density at radius 2 is 1.96 bits per heavy atom. The fourth-order valence-corrected chi connectivity index (χ4v) is 3.34. The van der Waals surface area contributed by atoms with E-state index < -0.39 is 10.5 Å². The zero-order valence-electron chi connectivity index (χ0n) is 14.0. The van der Waals surface area contributed by atoms with E-state index in [4.69, 9.17) is 4.42 Å². The highest BCUT2D eigenvalue weighted by Gasteiger charge is 2.15. The lowest BCUT2D eigenvalue weighted by molar-refractivity contribution is -0.384. The minimum atomic E-state index is -0.574. The van der Waals surface area contributed by atoms with E-state index >= 15 is 0 Å². The zero-order valence-corrected chi connectivity index (χ0v) is 14.8. The number of para-hydroxylation sites is 1. The molecule has 0 saturated carbocycles. The van der Waals surface area contributed by atoms with Gasteiger partial charge in [-0.05, 0) is 30.7 Å². The van der Waals surface area contributed by atoms with Gasteiger partial charge in [-0.3, -0.25) is 10.1 Å². The van der Waals surface area contributed by atoms with Crippen molar-refractivity contribution in [2.45, 2.75) is 6.92 Å². The van der Waals surface area contributed by atoms with E-state index in [1.807, 2.05) is 31.2 Å². The molecule has 0 aliphatic rings. The van der Waals surface area contributed by atoms with E-state index in [0.29, 0.717) is 15.5 Å². The maximum absolute atomic E-state index is 12.3.